The maximum Gasteiger partial charge on any atom is 0.0451 e. The molecular weight excluding hydrogens is 244 g/mol. The van der Waals surface area contributed by atoms with Crippen LogP contribution in [0.4, 0.5) is 0 Å². The second-order valence-electron chi connectivity index (χ2n) is 6.31. The molecule has 1 aromatic rings. The van der Waals surface area contributed by atoms with Crippen molar-refractivity contribution in [2.45, 2.75) is 46.6 Å². The van der Waals surface area contributed by atoms with Crippen LogP contribution in [0.5, 0.6) is 0 Å². The zero-order valence-electron chi connectivity index (χ0n) is 13.9. The fraction of sp³-hybridized carbons (Fsp3) is 0.667. The van der Waals surface area contributed by atoms with Gasteiger partial charge in [-0.15, -0.1) is 0 Å². The summed E-state index contributed by atoms with van der Waals surface area (Å²) in [5, 5.41) is 3.70. The van der Waals surface area contributed by atoms with E-state index in [2.05, 4.69) is 69.2 Å². The summed E-state index contributed by atoms with van der Waals surface area (Å²) >= 11 is 0. The number of aryl methyl sites for hydroxylation is 1. The van der Waals surface area contributed by atoms with Crippen LogP contribution < -0.4 is 5.32 Å². The highest BCUT2D eigenvalue weighted by atomic mass is 15.1. The molecule has 1 rings (SSSR count). The highest BCUT2D eigenvalue weighted by molar-refractivity contribution is 5.29. The van der Waals surface area contributed by atoms with Gasteiger partial charge in [-0.05, 0) is 56.9 Å². The molecule has 0 saturated carbocycles. The first-order valence-corrected chi connectivity index (χ1v) is 8.02. The minimum absolute atomic E-state index is 0.438. The van der Waals surface area contributed by atoms with E-state index in [-0.39, 0.29) is 0 Å². The van der Waals surface area contributed by atoms with Gasteiger partial charge < -0.3 is 10.2 Å². The van der Waals surface area contributed by atoms with Crippen LogP contribution in [0.15, 0.2) is 24.3 Å². The number of hydrogen-bond donors (Lipinski definition) is 1. The van der Waals surface area contributed by atoms with E-state index in [1.54, 1.807) is 0 Å². The van der Waals surface area contributed by atoms with Gasteiger partial charge in [0.05, 0.1) is 0 Å². The summed E-state index contributed by atoms with van der Waals surface area (Å²) in [5.41, 5.74) is 2.83. The molecule has 0 radical (unpaired) electrons. The van der Waals surface area contributed by atoms with Crippen molar-refractivity contribution in [1.29, 1.82) is 0 Å². The molecule has 1 aromatic carbocycles. The monoisotopic (exact) mass is 276 g/mol. The molecule has 0 bridgehead atoms. The lowest BCUT2D eigenvalue weighted by Crippen LogP contribution is -2.34. The normalized spacial score (nSPS) is 13.2. The Labute approximate surface area is 125 Å². The molecule has 1 unspecified atom stereocenters. The van der Waals surface area contributed by atoms with Gasteiger partial charge in [0.15, 0.2) is 0 Å². The van der Waals surface area contributed by atoms with Crippen LogP contribution in [-0.4, -0.2) is 31.6 Å². The minimum Gasteiger partial charge on any atom is -0.309 e. The zero-order chi connectivity index (χ0) is 15.0. The van der Waals surface area contributed by atoms with Crippen molar-refractivity contribution < 1.29 is 0 Å². The quantitative estimate of drug-likeness (QED) is 0.733. The highest BCUT2D eigenvalue weighted by Crippen LogP contribution is 2.18. The van der Waals surface area contributed by atoms with Crippen LogP contribution in [0.1, 0.15) is 50.8 Å². The lowest BCUT2D eigenvalue weighted by molar-refractivity contribution is 0.274. The predicted molar refractivity (Wildman–Crippen MR) is 89.2 cm³/mol. The van der Waals surface area contributed by atoms with Gasteiger partial charge in [0, 0.05) is 12.6 Å². The first-order valence-electron chi connectivity index (χ1n) is 8.02. The number of nitrogens with one attached hydrogen (secondary N) is 1. The van der Waals surface area contributed by atoms with Crippen LogP contribution in [-0.2, 0) is 0 Å². The third-order valence-electron chi connectivity index (χ3n) is 3.79. The van der Waals surface area contributed by atoms with E-state index in [4.69, 9.17) is 0 Å². The first kappa shape index (κ1) is 17.2. The molecule has 0 fully saturated rings. The average Bonchev–Trinajstić information content (AvgIpc) is 2.42. The third kappa shape index (κ3) is 6.06. The van der Waals surface area contributed by atoms with Gasteiger partial charge in [-0.25, -0.2) is 0 Å². The fourth-order valence-corrected chi connectivity index (χ4v) is 2.45. The lowest BCUT2D eigenvalue weighted by Gasteiger charge is -2.27. The van der Waals surface area contributed by atoms with Crippen molar-refractivity contribution in [3.05, 3.63) is 35.4 Å². The van der Waals surface area contributed by atoms with E-state index < -0.39 is 0 Å². The van der Waals surface area contributed by atoms with Crippen LogP contribution in [0.2, 0.25) is 0 Å². The van der Waals surface area contributed by atoms with Crippen molar-refractivity contribution in [2.24, 2.45) is 5.92 Å². The van der Waals surface area contributed by atoms with E-state index in [1.807, 2.05) is 0 Å². The van der Waals surface area contributed by atoms with Crippen LogP contribution in [0, 0.1) is 12.8 Å². The molecular formula is C18H32N2. The van der Waals surface area contributed by atoms with Crippen LogP contribution in [0.25, 0.3) is 0 Å². The van der Waals surface area contributed by atoms with Crippen molar-refractivity contribution in [2.75, 3.05) is 26.7 Å². The van der Waals surface area contributed by atoms with Crippen molar-refractivity contribution in [1.82, 2.24) is 10.2 Å². The molecule has 114 valence electrons. The highest BCUT2D eigenvalue weighted by Gasteiger charge is 2.15. The summed E-state index contributed by atoms with van der Waals surface area (Å²) in [6.07, 6.45) is 2.45. The zero-order valence-corrected chi connectivity index (χ0v) is 13.9. The number of hydrogen-bond acceptors (Lipinski definition) is 2. The van der Waals surface area contributed by atoms with E-state index in [0.717, 1.165) is 19.0 Å². The largest absolute Gasteiger partial charge is 0.309 e. The average molecular weight is 276 g/mol. The Balaban J connectivity index is 2.67. The van der Waals surface area contributed by atoms with E-state index >= 15 is 0 Å². The molecule has 20 heavy (non-hydrogen) atoms. The topological polar surface area (TPSA) is 15.3 Å². The third-order valence-corrected chi connectivity index (χ3v) is 3.79. The summed E-state index contributed by atoms with van der Waals surface area (Å²) in [7, 11) is 2.24. The second-order valence-corrected chi connectivity index (χ2v) is 6.31. The fourth-order valence-electron chi connectivity index (χ4n) is 2.45. The molecule has 0 amide bonds. The van der Waals surface area contributed by atoms with Crippen LogP contribution in [0.3, 0.4) is 0 Å². The van der Waals surface area contributed by atoms with Crippen molar-refractivity contribution >= 4 is 0 Å². The summed E-state index contributed by atoms with van der Waals surface area (Å²) in [4.78, 5) is 2.46. The molecule has 0 spiro atoms. The minimum atomic E-state index is 0.438. The maximum atomic E-state index is 3.70. The van der Waals surface area contributed by atoms with E-state index in [0.29, 0.717) is 6.04 Å². The van der Waals surface area contributed by atoms with Gasteiger partial charge in [-0.1, -0.05) is 45.0 Å². The Kier molecular flexibility index (Phi) is 7.86. The van der Waals surface area contributed by atoms with E-state index in [1.165, 1.54) is 30.5 Å². The Morgan fingerprint density at radius 1 is 1.20 bits per heavy atom. The molecule has 0 aliphatic carbocycles. The number of likely N-dealkylation sites (N-methyl/N-ethyl adjacent to an activating group) is 1. The van der Waals surface area contributed by atoms with Gasteiger partial charge in [-0.3, -0.25) is 0 Å². The molecule has 0 heterocycles. The summed E-state index contributed by atoms with van der Waals surface area (Å²) in [6.45, 7) is 12.4. The Hall–Kier alpha value is -0.860. The number of benzene rings is 1. The smallest absolute Gasteiger partial charge is 0.0451 e. The molecule has 1 atom stereocenters. The first-order chi connectivity index (χ1) is 9.54. The molecule has 0 aliphatic rings. The molecule has 1 N–H and O–H groups in total. The molecule has 0 aliphatic heterocycles. The standard InChI is InChI=1S/C18H32N2/c1-6-12-19-18(14-20(5)13-11-15(2)3)17-10-8-7-9-16(17)4/h7-10,15,18-19H,6,11-14H2,1-5H3. The van der Waals surface area contributed by atoms with Crippen molar-refractivity contribution in [3.8, 4) is 0 Å². The van der Waals surface area contributed by atoms with Gasteiger partial charge in [0.2, 0.25) is 0 Å². The lowest BCUT2D eigenvalue weighted by atomic mass is 10.0. The molecule has 2 nitrogen and oxygen atoms in total. The molecule has 2 heteroatoms. The maximum absolute atomic E-state index is 3.70. The number of rotatable bonds is 9. The van der Waals surface area contributed by atoms with Crippen molar-refractivity contribution in [3.63, 3.8) is 0 Å². The Bertz CT molecular complexity index is 373. The summed E-state index contributed by atoms with van der Waals surface area (Å²) < 4.78 is 0. The SMILES string of the molecule is CCCNC(CN(C)CCC(C)C)c1ccccc1C. The van der Waals surface area contributed by atoms with Crippen LogP contribution >= 0.6 is 0 Å². The Morgan fingerprint density at radius 2 is 1.90 bits per heavy atom. The summed E-state index contributed by atoms with van der Waals surface area (Å²) in [6, 6.07) is 9.19. The predicted octanol–water partition coefficient (Wildman–Crippen LogP) is 4.01. The molecule has 0 aromatic heterocycles. The van der Waals surface area contributed by atoms with Gasteiger partial charge in [0.25, 0.3) is 0 Å². The van der Waals surface area contributed by atoms with Gasteiger partial charge >= 0.3 is 0 Å². The Morgan fingerprint density at radius 3 is 2.50 bits per heavy atom. The summed E-state index contributed by atoms with van der Waals surface area (Å²) in [5.74, 6) is 0.776. The van der Waals surface area contributed by atoms with Gasteiger partial charge in [0.1, 0.15) is 0 Å². The number of nitrogens with zero attached hydrogens (tertiary/aromatic N) is 1. The van der Waals surface area contributed by atoms with E-state index in [9.17, 15) is 0 Å². The molecule has 0 saturated heterocycles. The van der Waals surface area contributed by atoms with Gasteiger partial charge in [-0.2, -0.15) is 0 Å². The second kappa shape index (κ2) is 9.15.